The average Bonchev–Trinajstić information content (AvgIpc) is 2.83. The van der Waals surface area contributed by atoms with E-state index < -0.39 is 0 Å². The van der Waals surface area contributed by atoms with E-state index in [1.807, 2.05) is 36.4 Å². The molecule has 0 unspecified atom stereocenters. The number of carbonyl (C=O) groups is 1. The van der Waals surface area contributed by atoms with E-state index >= 15 is 0 Å². The Bertz CT molecular complexity index is 1030. The van der Waals surface area contributed by atoms with Crippen molar-refractivity contribution < 1.29 is 4.79 Å². The van der Waals surface area contributed by atoms with E-state index in [2.05, 4.69) is 53.8 Å². The summed E-state index contributed by atoms with van der Waals surface area (Å²) in [5.41, 5.74) is 6.21. The van der Waals surface area contributed by atoms with Gasteiger partial charge in [0.1, 0.15) is 0 Å². The number of pyridine rings is 1. The Hall–Kier alpha value is -3.34. The molecule has 1 aliphatic heterocycles. The van der Waals surface area contributed by atoms with Crippen molar-refractivity contribution in [3.8, 4) is 0 Å². The van der Waals surface area contributed by atoms with Crippen LogP contribution in [-0.4, -0.2) is 10.9 Å². The topological polar surface area (TPSA) is 66.0 Å². The van der Waals surface area contributed by atoms with Crippen LogP contribution in [0.5, 0.6) is 0 Å². The minimum atomic E-state index is -0.108. The molecule has 1 amide bonds. The summed E-state index contributed by atoms with van der Waals surface area (Å²) in [6, 6.07) is 15.7. The molecule has 0 atom stereocenters. The summed E-state index contributed by atoms with van der Waals surface area (Å²) in [5.74, 6) is -0.108. The van der Waals surface area contributed by atoms with E-state index in [1.165, 1.54) is 5.56 Å². The highest BCUT2D eigenvalue weighted by Gasteiger charge is 2.23. The Morgan fingerprint density at radius 1 is 0.893 bits per heavy atom. The van der Waals surface area contributed by atoms with Crippen LogP contribution >= 0.6 is 0 Å². The van der Waals surface area contributed by atoms with E-state index in [1.54, 1.807) is 12.4 Å². The average molecular weight is 372 g/mol. The largest absolute Gasteiger partial charge is 0.355 e. The first-order chi connectivity index (χ1) is 13.5. The van der Waals surface area contributed by atoms with Crippen molar-refractivity contribution in [3.63, 3.8) is 0 Å². The molecule has 3 N–H and O–H groups in total. The first-order valence-corrected chi connectivity index (χ1v) is 9.50. The minimum absolute atomic E-state index is 0.0561. The zero-order valence-corrected chi connectivity index (χ0v) is 16.3. The zero-order chi connectivity index (χ0) is 19.7. The molecular weight excluding hydrogens is 348 g/mol. The molecule has 28 heavy (non-hydrogen) atoms. The summed E-state index contributed by atoms with van der Waals surface area (Å²) < 4.78 is 0. The second kappa shape index (κ2) is 7.00. The molecule has 0 aliphatic carbocycles. The summed E-state index contributed by atoms with van der Waals surface area (Å²) in [6.45, 7) is 6.61. The van der Waals surface area contributed by atoms with Crippen molar-refractivity contribution in [1.29, 1.82) is 0 Å². The third-order valence-corrected chi connectivity index (χ3v) is 5.44. The van der Waals surface area contributed by atoms with Crippen molar-refractivity contribution in [2.45, 2.75) is 32.6 Å². The van der Waals surface area contributed by atoms with E-state index in [9.17, 15) is 4.79 Å². The third-order valence-electron chi connectivity index (χ3n) is 5.44. The second-order valence-corrected chi connectivity index (χ2v) is 7.70. The molecule has 142 valence electrons. The van der Waals surface area contributed by atoms with Crippen molar-refractivity contribution in [2.24, 2.45) is 0 Å². The van der Waals surface area contributed by atoms with Gasteiger partial charge in [-0.15, -0.1) is 0 Å². The maximum Gasteiger partial charge on any atom is 0.257 e. The number of rotatable bonds is 4. The molecule has 2 aromatic carbocycles. The zero-order valence-electron chi connectivity index (χ0n) is 16.3. The van der Waals surface area contributed by atoms with Crippen molar-refractivity contribution in [1.82, 2.24) is 4.98 Å². The third kappa shape index (κ3) is 3.43. The van der Waals surface area contributed by atoms with Gasteiger partial charge in [0.15, 0.2) is 0 Å². The summed E-state index contributed by atoms with van der Waals surface area (Å²) in [5, 5.41) is 9.81. The van der Waals surface area contributed by atoms with Crippen LogP contribution in [-0.2, 0) is 5.41 Å². The second-order valence-electron chi connectivity index (χ2n) is 7.70. The van der Waals surface area contributed by atoms with Gasteiger partial charge < -0.3 is 16.0 Å². The lowest BCUT2D eigenvalue weighted by atomic mass is 9.82. The molecule has 0 saturated heterocycles. The monoisotopic (exact) mass is 372 g/mol. The quantitative estimate of drug-likeness (QED) is 0.540. The number of amides is 1. The van der Waals surface area contributed by atoms with Crippen molar-refractivity contribution in [2.75, 3.05) is 16.0 Å². The highest BCUT2D eigenvalue weighted by Crippen LogP contribution is 2.37. The summed E-state index contributed by atoms with van der Waals surface area (Å²) in [7, 11) is 0. The van der Waals surface area contributed by atoms with Gasteiger partial charge in [0, 0.05) is 23.8 Å². The maximum atomic E-state index is 12.8. The molecular formula is C23H24N4O. The van der Waals surface area contributed by atoms with E-state index in [-0.39, 0.29) is 11.3 Å². The Kier molecular flexibility index (Phi) is 4.51. The van der Waals surface area contributed by atoms with Gasteiger partial charge >= 0.3 is 0 Å². The summed E-state index contributed by atoms with van der Waals surface area (Å²) in [6.07, 6.45) is 4.50. The number of hydrogen-bond donors (Lipinski definition) is 3. The number of anilines is 5. The highest BCUT2D eigenvalue weighted by atomic mass is 16.1. The van der Waals surface area contributed by atoms with E-state index in [4.69, 9.17) is 0 Å². The molecule has 4 rings (SSSR count). The smallest absolute Gasteiger partial charge is 0.257 e. The van der Waals surface area contributed by atoms with E-state index in [0.29, 0.717) is 5.56 Å². The molecule has 2 heterocycles. The van der Waals surface area contributed by atoms with Crippen molar-refractivity contribution in [3.05, 3.63) is 72.1 Å². The van der Waals surface area contributed by atoms with Crippen LogP contribution in [0.25, 0.3) is 0 Å². The van der Waals surface area contributed by atoms with Gasteiger partial charge in [-0.2, -0.15) is 0 Å². The van der Waals surface area contributed by atoms with Crippen LogP contribution in [0, 0.1) is 0 Å². The van der Waals surface area contributed by atoms with Gasteiger partial charge in [-0.3, -0.25) is 9.78 Å². The molecule has 0 bridgehead atoms. The van der Waals surface area contributed by atoms with Gasteiger partial charge in [-0.05, 0) is 59.9 Å². The molecule has 0 saturated carbocycles. The van der Waals surface area contributed by atoms with Gasteiger partial charge in [-0.25, -0.2) is 0 Å². The Balaban J connectivity index is 1.68. The van der Waals surface area contributed by atoms with Crippen LogP contribution in [0.4, 0.5) is 28.4 Å². The van der Waals surface area contributed by atoms with Crippen molar-refractivity contribution >= 4 is 34.3 Å². The number of benzene rings is 2. The Morgan fingerprint density at radius 2 is 1.68 bits per heavy atom. The maximum absolute atomic E-state index is 12.8. The Morgan fingerprint density at radius 3 is 2.43 bits per heavy atom. The van der Waals surface area contributed by atoms with Gasteiger partial charge in [-0.1, -0.05) is 26.8 Å². The van der Waals surface area contributed by atoms with E-state index in [0.717, 1.165) is 34.9 Å². The van der Waals surface area contributed by atoms with Gasteiger partial charge in [0.05, 0.1) is 22.6 Å². The lowest BCUT2D eigenvalue weighted by molar-refractivity contribution is 0.102. The lowest BCUT2D eigenvalue weighted by Crippen LogP contribution is -2.16. The number of fused-ring (bicyclic) bond motifs is 2. The van der Waals surface area contributed by atoms with Crippen LogP contribution < -0.4 is 16.0 Å². The Labute approximate surface area is 165 Å². The summed E-state index contributed by atoms with van der Waals surface area (Å²) in [4.78, 5) is 16.8. The predicted octanol–water partition coefficient (Wildman–Crippen LogP) is 5.82. The van der Waals surface area contributed by atoms with Crippen LogP contribution in [0.2, 0.25) is 0 Å². The number of hydrogen-bond acceptors (Lipinski definition) is 4. The highest BCUT2D eigenvalue weighted by molar-refractivity contribution is 6.12. The van der Waals surface area contributed by atoms with Crippen LogP contribution in [0.1, 0.15) is 43.1 Å². The first kappa shape index (κ1) is 18.0. The van der Waals surface area contributed by atoms with Crippen LogP contribution in [0.3, 0.4) is 0 Å². The normalized spacial score (nSPS) is 12.9. The molecule has 5 heteroatoms. The SMILES string of the molecule is CCC(C)(C)c1ccc2c(c1)NC(=O)c1ccc(Nc3ccncc3)cc1N2. The van der Waals surface area contributed by atoms with Gasteiger partial charge in [0.25, 0.3) is 5.91 Å². The molecule has 5 nitrogen and oxygen atoms in total. The number of nitrogens with one attached hydrogen (secondary N) is 3. The molecule has 1 aromatic heterocycles. The standard InChI is InChI=1S/C23H24N4O/c1-4-23(2,3)15-5-8-19-21(13-15)27-22(28)18-7-6-17(14-20(18)26-19)25-16-9-11-24-12-10-16/h5-14,26H,4H2,1-3H3,(H,24,25)(H,27,28). The van der Waals surface area contributed by atoms with Crippen LogP contribution in [0.15, 0.2) is 60.9 Å². The molecule has 1 aliphatic rings. The number of nitrogens with zero attached hydrogens (tertiary/aromatic N) is 1. The molecule has 0 fully saturated rings. The first-order valence-electron chi connectivity index (χ1n) is 9.50. The van der Waals surface area contributed by atoms with Gasteiger partial charge in [0.2, 0.25) is 0 Å². The fourth-order valence-electron chi connectivity index (χ4n) is 3.24. The predicted molar refractivity (Wildman–Crippen MR) is 115 cm³/mol. The summed E-state index contributed by atoms with van der Waals surface area (Å²) >= 11 is 0. The fraction of sp³-hybridized carbons (Fsp3) is 0.217. The number of carbonyl (C=O) groups excluding carboxylic acids is 1. The molecule has 0 spiro atoms. The molecule has 0 radical (unpaired) electrons. The lowest BCUT2D eigenvalue weighted by Gasteiger charge is -2.24. The number of aromatic nitrogens is 1. The molecule has 3 aromatic rings. The fourth-order valence-corrected chi connectivity index (χ4v) is 3.24. The minimum Gasteiger partial charge on any atom is -0.355 e.